The molecule has 8 heteroatoms. The topological polar surface area (TPSA) is 63.7 Å². The first kappa shape index (κ1) is 18.5. The average Bonchev–Trinajstić information content (AvgIpc) is 2.46. The van der Waals surface area contributed by atoms with E-state index >= 15 is 0 Å². The van der Waals surface area contributed by atoms with Gasteiger partial charge in [0.2, 0.25) is 10.0 Å². The molecule has 0 amide bonds. The molecule has 0 aliphatic rings. The predicted octanol–water partition coefficient (Wildman–Crippen LogP) is 2.10. The summed E-state index contributed by atoms with van der Waals surface area (Å²) in [6.45, 7) is 2.86. The van der Waals surface area contributed by atoms with Crippen LogP contribution in [0.3, 0.4) is 0 Å². The monoisotopic (exact) mass is 335 g/mol. The van der Waals surface area contributed by atoms with E-state index < -0.39 is 45.3 Å². The number of carbonyl (C=O) groups excluding carboxylic acids is 1. The van der Waals surface area contributed by atoms with E-state index in [0.29, 0.717) is 0 Å². The highest BCUT2D eigenvalue weighted by atomic mass is 32.2. The van der Waals surface area contributed by atoms with Crippen molar-refractivity contribution in [3.63, 3.8) is 0 Å². The summed E-state index contributed by atoms with van der Waals surface area (Å²) in [5.41, 5.74) is -0.0724. The fourth-order valence-electron chi connectivity index (χ4n) is 1.97. The van der Waals surface area contributed by atoms with Crippen LogP contribution in [0.2, 0.25) is 0 Å². The number of rotatable bonds is 6. The Kier molecular flexibility index (Phi) is 6.01. The van der Waals surface area contributed by atoms with Gasteiger partial charge in [-0.3, -0.25) is 4.79 Å². The first-order valence-electron chi connectivity index (χ1n) is 6.58. The zero-order valence-electron chi connectivity index (χ0n) is 12.8. The highest BCUT2D eigenvalue weighted by Gasteiger charge is 2.30. The van der Waals surface area contributed by atoms with Crippen molar-refractivity contribution in [2.24, 2.45) is 5.92 Å². The molecule has 124 valence electrons. The molecule has 1 rings (SSSR count). The third kappa shape index (κ3) is 4.23. The summed E-state index contributed by atoms with van der Waals surface area (Å²) in [5, 5.41) is 0. The summed E-state index contributed by atoms with van der Waals surface area (Å²) in [6, 6.07) is 1.94. The molecule has 0 aromatic heterocycles. The maximum atomic E-state index is 13.8. The van der Waals surface area contributed by atoms with Crippen molar-refractivity contribution in [2.75, 3.05) is 19.9 Å². The molecule has 2 atom stereocenters. The maximum absolute atomic E-state index is 13.8. The van der Waals surface area contributed by atoms with E-state index in [9.17, 15) is 22.0 Å². The normalized spacial score (nSPS) is 14.7. The van der Waals surface area contributed by atoms with Gasteiger partial charge >= 0.3 is 5.97 Å². The number of hydrogen-bond donors (Lipinski definition) is 0. The van der Waals surface area contributed by atoms with Gasteiger partial charge in [0.15, 0.2) is 0 Å². The summed E-state index contributed by atoms with van der Waals surface area (Å²) >= 11 is 0. The van der Waals surface area contributed by atoms with Crippen LogP contribution in [0.5, 0.6) is 0 Å². The van der Waals surface area contributed by atoms with Gasteiger partial charge in [-0.05, 0) is 25.1 Å². The van der Waals surface area contributed by atoms with Crippen molar-refractivity contribution in [3.8, 4) is 0 Å². The Bertz CT molecular complexity index is 648. The minimum Gasteiger partial charge on any atom is -0.469 e. The number of halogens is 2. The van der Waals surface area contributed by atoms with E-state index in [1.54, 1.807) is 0 Å². The van der Waals surface area contributed by atoms with Crippen molar-refractivity contribution in [1.82, 2.24) is 4.31 Å². The molecule has 0 unspecified atom stereocenters. The Hall–Kier alpha value is -1.54. The van der Waals surface area contributed by atoms with E-state index in [2.05, 4.69) is 4.74 Å². The molecule has 5 nitrogen and oxygen atoms in total. The highest BCUT2D eigenvalue weighted by Crippen LogP contribution is 2.25. The van der Waals surface area contributed by atoms with Crippen molar-refractivity contribution >= 4 is 16.0 Å². The van der Waals surface area contributed by atoms with Crippen LogP contribution in [0.4, 0.5) is 8.78 Å². The van der Waals surface area contributed by atoms with Gasteiger partial charge in [0.05, 0.1) is 18.8 Å². The molecule has 0 aliphatic carbocycles. The van der Waals surface area contributed by atoms with Crippen molar-refractivity contribution < 1.29 is 26.7 Å². The molecule has 0 saturated carbocycles. The predicted molar refractivity (Wildman–Crippen MR) is 77.5 cm³/mol. The molecule has 0 radical (unpaired) electrons. The van der Waals surface area contributed by atoms with Crippen LogP contribution in [-0.4, -0.2) is 38.6 Å². The Labute approximate surface area is 128 Å². The van der Waals surface area contributed by atoms with Gasteiger partial charge in [0.1, 0.15) is 11.6 Å². The quantitative estimate of drug-likeness (QED) is 0.747. The fraction of sp³-hybridized carbons (Fsp3) is 0.500. The lowest BCUT2D eigenvalue weighted by Crippen LogP contribution is -2.36. The number of sulfonamides is 1. The van der Waals surface area contributed by atoms with Crippen LogP contribution < -0.4 is 0 Å². The van der Waals surface area contributed by atoms with Crippen LogP contribution in [-0.2, 0) is 19.6 Å². The van der Waals surface area contributed by atoms with Crippen molar-refractivity contribution in [3.05, 3.63) is 35.4 Å². The molecule has 0 spiro atoms. The van der Waals surface area contributed by atoms with Crippen LogP contribution in [0.25, 0.3) is 0 Å². The molecular weight excluding hydrogens is 316 g/mol. The van der Waals surface area contributed by atoms with E-state index in [1.807, 2.05) is 0 Å². The first-order valence-corrected chi connectivity index (χ1v) is 8.19. The Morgan fingerprint density at radius 1 is 1.32 bits per heavy atom. The molecule has 1 aromatic carbocycles. The number of ether oxygens (including phenoxy) is 1. The second-order valence-electron chi connectivity index (χ2n) is 5.06. The van der Waals surface area contributed by atoms with Crippen LogP contribution in [0.1, 0.15) is 25.5 Å². The molecule has 0 fully saturated rings. The first-order chi connectivity index (χ1) is 10.1. The molecule has 22 heavy (non-hydrogen) atoms. The summed E-state index contributed by atoms with van der Waals surface area (Å²) in [4.78, 5) is 11.3. The van der Waals surface area contributed by atoms with E-state index in [4.69, 9.17) is 0 Å². The SMILES string of the molecule is COC(=O)[C@H](C)CS(=O)(=O)N(C)[C@H](C)c1cc(F)ccc1F. The molecule has 0 N–H and O–H groups in total. The van der Waals surface area contributed by atoms with E-state index in [0.717, 1.165) is 22.5 Å². The number of esters is 1. The van der Waals surface area contributed by atoms with Crippen LogP contribution >= 0.6 is 0 Å². The number of nitrogens with zero attached hydrogens (tertiary/aromatic N) is 1. The molecular formula is C14H19F2NO4S. The van der Waals surface area contributed by atoms with Gasteiger partial charge in [-0.1, -0.05) is 6.92 Å². The third-order valence-electron chi connectivity index (χ3n) is 3.46. The van der Waals surface area contributed by atoms with Crippen molar-refractivity contribution in [2.45, 2.75) is 19.9 Å². The Morgan fingerprint density at radius 2 is 1.91 bits per heavy atom. The lowest BCUT2D eigenvalue weighted by molar-refractivity contribution is -0.144. The fourth-order valence-corrected chi connectivity index (χ4v) is 3.57. The highest BCUT2D eigenvalue weighted by molar-refractivity contribution is 7.89. The third-order valence-corrected chi connectivity index (χ3v) is 5.57. The number of methoxy groups -OCH3 is 1. The molecule has 0 heterocycles. The van der Waals surface area contributed by atoms with Gasteiger partial charge in [-0.2, -0.15) is 4.31 Å². The minimum absolute atomic E-state index is 0.0724. The average molecular weight is 335 g/mol. The summed E-state index contributed by atoms with van der Waals surface area (Å²) in [7, 11) is -1.42. The lowest BCUT2D eigenvalue weighted by Gasteiger charge is -2.26. The molecule has 1 aromatic rings. The minimum atomic E-state index is -3.85. The standard InChI is InChI=1S/C14H19F2NO4S/c1-9(14(18)21-4)8-22(19,20)17(3)10(2)12-7-11(15)5-6-13(12)16/h5-7,9-10H,8H2,1-4H3/t9-,10-/m1/s1. The van der Waals surface area contributed by atoms with E-state index in [1.165, 1.54) is 28.0 Å². The summed E-state index contributed by atoms with van der Waals surface area (Å²) in [6.07, 6.45) is 0. The van der Waals surface area contributed by atoms with Crippen LogP contribution in [0.15, 0.2) is 18.2 Å². The van der Waals surface area contributed by atoms with Crippen LogP contribution in [0, 0.1) is 17.6 Å². The zero-order chi connectivity index (χ0) is 17.1. The Morgan fingerprint density at radius 3 is 2.45 bits per heavy atom. The van der Waals surface area contributed by atoms with Gasteiger partial charge in [-0.15, -0.1) is 0 Å². The summed E-state index contributed by atoms with van der Waals surface area (Å²) in [5.74, 6) is -3.34. The van der Waals surface area contributed by atoms with Gasteiger partial charge in [0.25, 0.3) is 0 Å². The lowest BCUT2D eigenvalue weighted by atomic mass is 10.1. The Balaban J connectivity index is 3.00. The molecule has 0 bridgehead atoms. The molecule has 0 aliphatic heterocycles. The second-order valence-corrected chi connectivity index (χ2v) is 7.13. The summed E-state index contributed by atoms with van der Waals surface area (Å²) < 4.78 is 56.9. The van der Waals surface area contributed by atoms with Gasteiger partial charge in [0, 0.05) is 18.7 Å². The second kappa shape index (κ2) is 7.15. The zero-order valence-corrected chi connectivity index (χ0v) is 13.7. The molecule has 0 saturated heterocycles. The van der Waals surface area contributed by atoms with E-state index in [-0.39, 0.29) is 5.56 Å². The number of benzene rings is 1. The van der Waals surface area contributed by atoms with Gasteiger partial charge < -0.3 is 4.74 Å². The maximum Gasteiger partial charge on any atom is 0.309 e. The van der Waals surface area contributed by atoms with Crippen molar-refractivity contribution in [1.29, 1.82) is 0 Å². The van der Waals surface area contributed by atoms with Gasteiger partial charge in [-0.25, -0.2) is 17.2 Å². The smallest absolute Gasteiger partial charge is 0.309 e. The number of carbonyl (C=O) groups is 1. The largest absolute Gasteiger partial charge is 0.469 e. The number of hydrogen-bond acceptors (Lipinski definition) is 4.